The summed E-state index contributed by atoms with van der Waals surface area (Å²) in [6, 6.07) is 4.11. The molecule has 2 unspecified atom stereocenters. The summed E-state index contributed by atoms with van der Waals surface area (Å²) in [6.07, 6.45) is -0.357. The number of benzene rings is 1. The Morgan fingerprint density at radius 2 is 2.00 bits per heavy atom. The maximum atomic E-state index is 13.9. The minimum atomic E-state index is -3.56. The van der Waals surface area contributed by atoms with E-state index in [1.165, 1.54) is 32.0 Å². The van der Waals surface area contributed by atoms with Crippen LogP contribution >= 0.6 is 11.6 Å². The molecule has 0 radical (unpaired) electrons. The number of rotatable bonds is 5. The Kier molecular flexibility index (Phi) is 5.18. The van der Waals surface area contributed by atoms with E-state index in [0.717, 1.165) is 6.26 Å². The Hall–Kier alpha value is -0.690. The highest BCUT2D eigenvalue weighted by Crippen LogP contribution is 2.35. The Morgan fingerprint density at radius 1 is 1.45 bits per heavy atom. The second-order valence-electron chi connectivity index (χ2n) is 5.30. The van der Waals surface area contributed by atoms with Gasteiger partial charge >= 0.3 is 0 Å². The van der Waals surface area contributed by atoms with Crippen molar-refractivity contribution < 1.29 is 17.9 Å². The van der Waals surface area contributed by atoms with Gasteiger partial charge in [-0.05, 0) is 26.0 Å². The Balaban J connectivity index is 3.34. The van der Waals surface area contributed by atoms with Crippen LogP contribution in [-0.2, 0) is 9.84 Å². The van der Waals surface area contributed by atoms with Crippen molar-refractivity contribution in [3.05, 3.63) is 34.6 Å². The summed E-state index contributed by atoms with van der Waals surface area (Å²) in [5.74, 6) is -1.52. The van der Waals surface area contributed by atoms with Crippen LogP contribution in [0.1, 0.15) is 25.3 Å². The number of sulfone groups is 1. The van der Waals surface area contributed by atoms with Crippen LogP contribution in [0.3, 0.4) is 0 Å². The normalized spacial score (nSPS) is 15.9. The predicted molar refractivity (Wildman–Crippen MR) is 78.1 cm³/mol. The maximum absolute atomic E-state index is 13.9. The van der Waals surface area contributed by atoms with Gasteiger partial charge in [-0.15, -0.1) is 0 Å². The van der Waals surface area contributed by atoms with Crippen LogP contribution in [0.25, 0.3) is 0 Å². The molecule has 114 valence electrons. The van der Waals surface area contributed by atoms with Crippen LogP contribution in [0.5, 0.6) is 0 Å². The molecular weight excluding hydrogens is 305 g/mol. The number of hydrogen-bond acceptors (Lipinski definition) is 4. The monoisotopic (exact) mass is 323 g/mol. The number of nitrogens with two attached hydrogens (primary N) is 1. The lowest BCUT2D eigenvalue weighted by molar-refractivity contribution is 0.109. The molecule has 3 N–H and O–H groups in total. The van der Waals surface area contributed by atoms with Crippen molar-refractivity contribution >= 4 is 21.4 Å². The van der Waals surface area contributed by atoms with Crippen LogP contribution in [-0.4, -0.2) is 37.2 Å². The molecule has 1 rings (SSSR count). The third-order valence-corrected chi connectivity index (χ3v) is 6.16. The highest BCUT2D eigenvalue weighted by atomic mass is 35.5. The largest absolute Gasteiger partial charge is 0.391 e. The predicted octanol–water partition coefficient (Wildman–Crippen LogP) is 1.71. The van der Waals surface area contributed by atoms with Crippen molar-refractivity contribution in [1.82, 2.24) is 0 Å². The minimum Gasteiger partial charge on any atom is -0.391 e. The number of hydrogen-bond donors (Lipinski definition) is 2. The fourth-order valence-corrected chi connectivity index (χ4v) is 2.88. The topological polar surface area (TPSA) is 80.4 Å². The first-order chi connectivity index (χ1) is 9.04. The lowest BCUT2D eigenvalue weighted by atomic mass is 9.86. The van der Waals surface area contributed by atoms with Crippen LogP contribution in [0, 0.1) is 5.82 Å². The third kappa shape index (κ3) is 3.14. The van der Waals surface area contributed by atoms with Gasteiger partial charge in [-0.2, -0.15) is 0 Å². The van der Waals surface area contributed by atoms with E-state index in [1.54, 1.807) is 0 Å². The molecule has 1 aromatic rings. The van der Waals surface area contributed by atoms with Gasteiger partial charge in [0.15, 0.2) is 9.84 Å². The second-order valence-corrected chi connectivity index (χ2v) is 8.30. The van der Waals surface area contributed by atoms with Gasteiger partial charge in [0, 0.05) is 29.3 Å². The van der Waals surface area contributed by atoms with E-state index in [-0.39, 0.29) is 17.1 Å². The zero-order chi connectivity index (χ0) is 15.7. The van der Waals surface area contributed by atoms with Crippen molar-refractivity contribution in [1.29, 1.82) is 0 Å². The van der Waals surface area contributed by atoms with Gasteiger partial charge < -0.3 is 10.8 Å². The Bertz CT molecular complexity index is 569. The molecule has 0 aliphatic heterocycles. The minimum absolute atomic E-state index is 0.0425. The summed E-state index contributed by atoms with van der Waals surface area (Å²) in [6.45, 7) is 2.63. The van der Waals surface area contributed by atoms with Crippen LogP contribution in [0.4, 0.5) is 4.39 Å². The van der Waals surface area contributed by atoms with Gasteiger partial charge in [-0.3, -0.25) is 0 Å². The summed E-state index contributed by atoms with van der Waals surface area (Å²) >= 11 is 5.96. The molecule has 2 atom stereocenters. The number of halogens is 2. The molecule has 0 aliphatic rings. The summed E-state index contributed by atoms with van der Waals surface area (Å²) in [7, 11) is -3.56. The molecule has 20 heavy (non-hydrogen) atoms. The van der Waals surface area contributed by atoms with Gasteiger partial charge in [0.25, 0.3) is 0 Å². The second kappa shape index (κ2) is 5.97. The van der Waals surface area contributed by atoms with E-state index in [9.17, 15) is 17.9 Å². The third-order valence-electron chi connectivity index (χ3n) is 3.67. The Morgan fingerprint density at radius 3 is 2.40 bits per heavy atom. The van der Waals surface area contributed by atoms with Crippen LogP contribution in [0.2, 0.25) is 5.02 Å². The van der Waals surface area contributed by atoms with Crippen molar-refractivity contribution in [2.75, 3.05) is 12.8 Å². The van der Waals surface area contributed by atoms with E-state index in [1.807, 2.05) is 0 Å². The molecular formula is C13H19ClFNO3S. The smallest absolute Gasteiger partial charge is 0.155 e. The molecule has 1 aromatic carbocycles. The highest BCUT2D eigenvalue weighted by molar-refractivity contribution is 7.92. The molecule has 0 bridgehead atoms. The molecule has 0 heterocycles. The van der Waals surface area contributed by atoms with Gasteiger partial charge in [0.05, 0.1) is 10.9 Å². The fourth-order valence-electron chi connectivity index (χ4n) is 1.97. The molecule has 0 fully saturated rings. The number of aliphatic hydroxyl groups is 1. The molecule has 0 amide bonds. The average Bonchev–Trinajstić information content (AvgIpc) is 2.31. The first kappa shape index (κ1) is 17.4. The molecule has 0 aliphatic carbocycles. The van der Waals surface area contributed by atoms with E-state index in [4.69, 9.17) is 17.3 Å². The molecule has 0 spiro atoms. The lowest BCUT2D eigenvalue weighted by Gasteiger charge is -2.34. The van der Waals surface area contributed by atoms with Crippen LogP contribution in [0.15, 0.2) is 18.2 Å². The van der Waals surface area contributed by atoms with Crippen molar-refractivity contribution in [3.63, 3.8) is 0 Å². The highest BCUT2D eigenvalue weighted by Gasteiger charge is 2.43. The fraction of sp³-hybridized carbons (Fsp3) is 0.538. The van der Waals surface area contributed by atoms with E-state index in [0.29, 0.717) is 0 Å². The first-order valence-corrected chi connectivity index (χ1v) is 8.32. The summed E-state index contributed by atoms with van der Waals surface area (Å²) in [5, 5.41) is 10.5. The Labute approximate surface area is 123 Å². The number of aliphatic hydroxyl groups excluding tert-OH is 1. The van der Waals surface area contributed by atoms with Gasteiger partial charge in [-0.25, -0.2) is 12.8 Å². The summed E-state index contributed by atoms with van der Waals surface area (Å²) in [5.41, 5.74) is 5.65. The molecule has 0 aromatic heterocycles. The molecule has 7 heteroatoms. The summed E-state index contributed by atoms with van der Waals surface area (Å²) in [4.78, 5) is 0. The van der Waals surface area contributed by atoms with Crippen molar-refractivity contribution in [3.8, 4) is 0 Å². The van der Waals surface area contributed by atoms with Gasteiger partial charge in [-0.1, -0.05) is 17.7 Å². The quantitative estimate of drug-likeness (QED) is 0.864. The SMILES string of the molecule is CC(C)(C(O)C(CN)c1c(F)cccc1Cl)S(C)(=O)=O. The lowest BCUT2D eigenvalue weighted by Crippen LogP contribution is -2.48. The van der Waals surface area contributed by atoms with E-state index in [2.05, 4.69) is 0 Å². The zero-order valence-electron chi connectivity index (χ0n) is 11.6. The molecule has 0 saturated heterocycles. The van der Waals surface area contributed by atoms with Crippen molar-refractivity contribution in [2.45, 2.75) is 30.6 Å². The molecule has 0 saturated carbocycles. The summed E-state index contributed by atoms with van der Waals surface area (Å²) < 4.78 is 36.0. The zero-order valence-corrected chi connectivity index (χ0v) is 13.2. The van der Waals surface area contributed by atoms with Gasteiger partial charge in [0.2, 0.25) is 0 Å². The maximum Gasteiger partial charge on any atom is 0.155 e. The van der Waals surface area contributed by atoms with E-state index < -0.39 is 32.4 Å². The van der Waals surface area contributed by atoms with E-state index >= 15 is 0 Å². The first-order valence-electron chi connectivity index (χ1n) is 6.05. The molecule has 4 nitrogen and oxygen atoms in total. The van der Waals surface area contributed by atoms with Crippen LogP contribution < -0.4 is 5.73 Å². The van der Waals surface area contributed by atoms with Crippen molar-refractivity contribution in [2.24, 2.45) is 5.73 Å². The standard InChI is InChI=1S/C13H19ClFNO3S/c1-13(2,20(3,18)19)12(17)8(7-16)11-9(14)5-4-6-10(11)15/h4-6,8,12,17H,7,16H2,1-3H3. The van der Waals surface area contributed by atoms with Gasteiger partial charge in [0.1, 0.15) is 5.82 Å². The average molecular weight is 324 g/mol.